The highest BCUT2D eigenvalue weighted by molar-refractivity contribution is 5.33. The zero-order valence-electron chi connectivity index (χ0n) is 8.05. The van der Waals surface area contributed by atoms with Crippen LogP contribution in [0.1, 0.15) is 30.1 Å². The van der Waals surface area contributed by atoms with E-state index in [0.29, 0.717) is 6.04 Å². The fourth-order valence-corrected chi connectivity index (χ4v) is 1.91. The van der Waals surface area contributed by atoms with Gasteiger partial charge in [-0.3, -0.25) is 5.10 Å². The molecule has 1 aliphatic rings. The van der Waals surface area contributed by atoms with Gasteiger partial charge < -0.3 is 10.1 Å². The number of aromatic amines is 1. The Labute approximate surface area is 77.7 Å². The molecule has 1 unspecified atom stereocenters. The Bertz CT molecular complexity index is 289. The van der Waals surface area contributed by atoms with Crippen molar-refractivity contribution in [2.24, 2.45) is 0 Å². The lowest BCUT2D eigenvalue weighted by molar-refractivity contribution is 0.387. The van der Waals surface area contributed by atoms with Crippen LogP contribution in [0.2, 0.25) is 0 Å². The van der Waals surface area contributed by atoms with Crippen LogP contribution in [0.3, 0.4) is 0 Å². The second-order valence-electron chi connectivity index (χ2n) is 3.42. The molecule has 0 aromatic carbocycles. The number of nitrogens with zero attached hydrogens (tertiary/aromatic N) is 1. The average molecular weight is 181 g/mol. The van der Waals surface area contributed by atoms with Crippen LogP contribution >= 0.6 is 0 Å². The van der Waals surface area contributed by atoms with E-state index in [9.17, 15) is 0 Å². The van der Waals surface area contributed by atoms with E-state index in [1.54, 1.807) is 7.11 Å². The highest BCUT2D eigenvalue weighted by Gasteiger charge is 2.23. The lowest BCUT2D eigenvalue weighted by Gasteiger charge is -2.10. The fourth-order valence-electron chi connectivity index (χ4n) is 1.91. The first-order valence-electron chi connectivity index (χ1n) is 4.65. The molecule has 1 saturated heterocycles. The number of rotatable bonds is 2. The van der Waals surface area contributed by atoms with Crippen LogP contribution in [0.25, 0.3) is 0 Å². The molecule has 1 aromatic rings. The van der Waals surface area contributed by atoms with Gasteiger partial charge in [0.05, 0.1) is 12.7 Å². The first kappa shape index (κ1) is 8.56. The molecule has 2 rings (SSSR count). The van der Waals surface area contributed by atoms with Crippen molar-refractivity contribution >= 4 is 0 Å². The quantitative estimate of drug-likeness (QED) is 0.719. The van der Waals surface area contributed by atoms with Gasteiger partial charge in [-0.1, -0.05) is 0 Å². The Kier molecular flexibility index (Phi) is 2.22. The monoisotopic (exact) mass is 181 g/mol. The molecule has 0 aliphatic carbocycles. The van der Waals surface area contributed by atoms with Gasteiger partial charge in [0.1, 0.15) is 0 Å². The molecular formula is C9H15N3O. The standard InChI is InChI=1S/C9H15N3O/c1-6-8(7-4-3-5-10-7)9(13-2)12-11-6/h7,10H,3-5H2,1-2H3,(H,11,12). The third-order valence-corrected chi connectivity index (χ3v) is 2.56. The van der Waals surface area contributed by atoms with Crippen molar-refractivity contribution < 1.29 is 4.74 Å². The summed E-state index contributed by atoms with van der Waals surface area (Å²) in [6, 6.07) is 0.425. The molecular weight excluding hydrogens is 166 g/mol. The number of hydrogen-bond acceptors (Lipinski definition) is 3. The fraction of sp³-hybridized carbons (Fsp3) is 0.667. The van der Waals surface area contributed by atoms with Crippen LogP contribution < -0.4 is 10.1 Å². The van der Waals surface area contributed by atoms with Crippen LogP contribution in [-0.4, -0.2) is 23.9 Å². The van der Waals surface area contributed by atoms with Gasteiger partial charge in [-0.15, -0.1) is 5.10 Å². The lowest BCUT2D eigenvalue weighted by atomic mass is 10.1. The molecule has 0 spiro atoms. The third kappa shape index (κ3) is 1.42. The molecule has 4 nitrogen and oxygen atoms in total. The third-order valence-electron chi connectivity index (χ3n) is 2.56. The van der Waals surface area contributed by atoms with Gasteiger partial charge in [0.15, 0.2) is 0 Å². The first-order valence-corrected chi connectivity index (χ1v) is 4.65. The van der Waals surface area contributed by atoms with E-state index in [2.05, 4.69) is 15.5 Å². The second-order valence-corrected chi connectivity index (χ2v) is 3.42. The molecule has 1 fully saturated rings. The Morgan fingerprint density at radius 1 is 1.54 bits per heavy atom. The number of H-pyrrole nitrogens is 1. The van der Waals surface area contributed by atoms with Crippen molar-refractivity contribution in [1.29, 1.82) is 0 Å². The maximum atomic E-state index is 5.20. The van der Waals surface area contributed by atoms with E-state index in [4.69, 9.17) is 4.74 Å². The molecule has 13 heavy (non-hydrogen) atoms. The van der Waals surface area contributed by atoms with E-state index in [1.165, 1.54) is 18.4 Å². The van der Waals surface area contributed by atoms with Crippen molar-refractivity contribution in [3.05, 3.63) is 11.3 Å². The van der Waals surface area contributed by atoms with E-state index in [0.717, 1.165) is 18.1 Å². The van der Waals surface area contributed by atoms with Crippen LogP contribution in [0, 0.1) is 6.92 Å². The Morgan fingerprint density at radius 2 is 2.38 bits per heavy atom. The van der Waals surface area contributed by atoms with Crippen LogP contribution in [0.15, 0.2) is 0 Å². The number of aryl methyl sites for hydroxylation is 1. The minimum atomic E-state index is 0.425. The van der Waals surface area contributed by atoms with E-state index >= 15 is 0 Å². The average Bonchev–Trinajstić information content (AvgIpc) is 2.72. The normalized spacial score (nSPS) is 22.2. The number of methoxy groups -OCH3 is 1. The van der Waals surface area contributed by atoms with Gasteiger partial charge in [-0.25, -0.2) is 0 Å². The van der Waals surface area contributed by atoms with E-state index in [1.807, 2.05) is 6.92 Å². The van der Waals surface area contributed by atoms with E-state index in [-0.39, 0.29) is 0 Å². The number of nitrogens with one attached hydrogen (secondary N) is 2. The van der Waals surface area contributed by atoms with Crippen molar-refractivity contribution in [1.82, 2.24) is 15.5 Å². The molecule has 0 radical (unpaired) electrons. The number of hydrogen-bond donors (Lipinski definition) is 2. The summed E-state index contributed by atoms with van der Waals surface area (Å²) in [7, 11) is 1.66. The predicted molar refractivity (Wildman–Crippen MR) is 49.9 cm³/mol. The van der Waals surface area contributed by atoms with Crippen LogP contribution in [0.5, 0.6) is 5.88 Å². The molecule has 1 aromatic heterocycles. The van der Waals surface area contributed by atoms with Crippen molar-refractivity contribution in [2.75, 3.05) is 13.7 Å². The number of aromatic nitrogens is 2. The zero-order valence-corrected chi connectivity index (χ0v) is 8.05. The Hall–Kier alpha value is -1.03. The minimum Gasteiger partial charge on any atom is -0.480 e. The van der Waals surface area contributed by atoms with Gasteiger partial charge in [0.25, 0.3) is 0 Å². The lowest BCUT2D eigenvalue weighted by Crippen LogP contribution is -2.14. The largest absolute Gasteiger partial charge is 0.480 e. The van der Waals surface area contributed by atoms with Gasteiger partial charge in [-0.05, 0) is 26.3 Å². The summed E-state index contributed by atoms with van der Waals surface area (Å²) in [6.07, 6.45) is 2.41. The highest BCUT2D eigenvalue weighted by atomic mass is 16.5. The van der Waals surface area contributed by atoms with Crippen molar-refractivity contribution in [2.45, 2.75) is 25.8 Å². The molecule has 1 atom stereocenters. The summed E-state index contributed by atoms with van der Waals surface area (Å²) < 4.78 is 5.20. The topological polar surface area (TPSA) is 49.9 Å². The summed E-state index contributed by atoms with van der Waals surface area (Å²) in [6.45, 7) is 3.13. The van der Waals surface area contributed by atoms with Gasteiger partial charge >= 0.3 is 0 Å². The molecule has 2 N–H and O–H groups in total. The highest BCUT2D eigenvalue weighted by Crippen LogP contribution is 2.31. The van der Waals surface area contributed by atoms with Crippen molar-refractivity contribution in [3.8, 4) is 5.88 Å². The van der Waals surface area contributed by atoms with Gasteiger partial charge in [-0.2, -0.15) is 0 Å². The summed E-state index contributed by atoms with van der Waals surface area (Å²) in [5, 5.41) is 10.5. The molecule has 0 amide bonds. The SMILES string of the molecule is COc1n[nH]c(C)c1C1CCCN1. The first-order chi connectivity index (χ1) is 6.33. The minimum absolute atomic E-state index is 0.425. The second kappa shape index (κ2) is 3.38. The summed E-state index contributed by atoms with van der Waals surface area (Å²) in [5.74, 6) is 0.733. The molecule has 0 bridgehead atoms. The summed E-state index contributed by atoms with van der Waals surface area (Å²) in [5.41, 5.74) is 2.30. The maximum Gasteiger partial charge on any atom is 0.237 e. The molecule has 4 heteroatoms. The predicted octanol–water partition coefficient (Wildman–Crippen LogP) is 1.15. The maximum absolute atomic E-state index is 5.20. The molecule has 1 aliphatic heterocycles. The van der Waals surface area contributed by atoms with Crippen LogP contribution in [0.4, 0.5) is 0 Å². The zero-order chi connectivity index (χ0) is 9.26. The molecule has 2 heterocycles. The van der Waals surface area contributed by atoms with E-state index < -0.39 is 0 Å². The molecule has 0 saturated carbocycles. The van der Waals surface area contributed by atoms with Gasteiger partial charge in [0, 0.05) is 11.7 Å². The van der Waals surface area contributed by atoms with Gasteiger partial charge in [0.2, 0.25) is 5.88 Å². The van der Waals surface area contributed by atoms with Crippen LogP contribution in [-0.2, 0) is 0 Å². The smallest absolute Gasteiger partial charge is 0.237 e. The summed E-state index contributed by atoms with van der Waals surface area (Å²) in [4.78, 5) is 0. The summed E-state index contributed by atoms with van der Waals surface area (Å²) >= 11 is 0. The Morgan fingerprint density at radius 3 is 3.00 bits per heavy atom. The molecule has 72 valence electrons. The Balaban J connectivity index is 2.30. The number of ether oxygens (including phenoxy) is 1. The van der Waals surface area contributed by atoms with Crippen molar-refractivity contribution in [3.63, 3.8) is 0 Å².